The second-order valence-electron chi connectivity index (χ2n) is 4.47. The molecule has 0 radical (unpaired) electrons. The van der Waals surface area contributed by atoms with E-state index in [9.17, 15) is 0 Å². The molecule has 0 aliphatic heterocycles. The lowest BCUT2D eigenvalue weighted by Gasteiger charge is -2.09. The smallest absolute Gasteiger partial charge is 0.299 e. The molecule has 2 aromatic rings. The van der Waals surface area contributed by atoms with Crippen molar-refractivity contribution < 1.29 is 4.74 Å². The summed E-state index contributed by atoms with van der Waals surface area (Å²) in [4.78, 5) is 0. The van der Waals surface area contributed by atoms with Crippen molar-refractivity contribution in [3.8, 4) is 10.9 Å². The van der Waals surface area contributed by atoms with E-state index in [0.717, 1.165) is 17.2 Å². The molecular formula is C14H19N3OS. The van der Waals surface area contributed by atoms with Crippen LogP contribution in [0.2, 0.25) is 0 Å². The molecule has 102 valence electrons. The Labute approximate surface area is 117 Å². The third-order valence-electron chi connectivity index (χ3n) is 3.04. The summed E-state index contributed by atoms with van der Waals surface area (Å²) in [6.07, 6.45) is 1.14. The Kier molecular flexibility index (Phi) is 4.87. The highest BCUT2D eigenvalue weighted by Crippen LogP contribution is 2.27. The van der Waals surface area contributed by atoms with E-state index in [1.54, 1.807) is 0 Å². The highest BCUT2D eigenvalue weighted by atomic mass is 32.1. The molecule has 1 atom stereocenters. The van der Waals surface area contributed by atoms with Gasteiger partial charge in [-0.05, 0) is 37.1 Å². The van der Waals surface area contributed by atoms with Crippen LogP contribution in [-0.4, -0.2) is 17.2 Å². The van der Waals surface area contributed by atoms with Crippen LogP contribution in [0.25, 0.3) is 0 Å². The number of ether oxygens (including phenoxy) is 1. The average Bonchev–Trinajstić information content (AvgIpc) is 2.86. The van der Waals surface area contributed by atoms with Gasteiger partial charge in [-0.2, -0.15) is 0 Å². The fraction of sp³-hybridized carbons (Fsp3) is 0.429. The predicted molar refractivity (Wildman–Crippen MR) is 77.9 cm³/mol. The molecule has 0 aliphatic carbocycles. The van der Waals surface area contributed by atoms with Gasteiger partial charge in [-0.3, -0.25) is 0 Å². The molecule has 1 aromatic carbocycles. The number of nitrogens with zero attached hydrogens (tertiary/aromatic N) is 2. The lowest BCUT2D eigenvalue weighted by atomic mass is 9.99. The molecule has 0 spiro atoms. The fourth-order valence-electron chi connectivity index (χ4n) is 1.70. The normalized spacial score (nSPS) is 12.4. The van der Waals surface area contributed by atoms with Crippen molar-refractivity contribution >= 4 is 11.3 Å². The van der Waals surface area contributed by atoms with Crippen LogP contribution in [0, 0.1) is 0 Å². The second-order valence-corrected chi connectivity index (χ2v) is 5.50. The molecule has 0 saturated heterocycles. The van der Waals surface area contributed by atoms with Crippen molar-refractivity contribution in [2.24, 2.45) is 0 Å². The van der Waals surface area contributed by atoms with E-state index in [1.165, 1.54) is 16.9 Å². The van der Waals surface area contributed by atoms with Gasteiger partial charge in [-0.15, -0.1) is 5.10 Å². The van der Waals surface area contributed by atoms with E-state index in [0.29, 0.717) is 17.7 Å². The Balaban J connectivity index is 2.02. The maximum Gasteiger partial charge on any atom is 0.299 e. The first-order valence-electron chi connectivity index (χ1n) is 6.47. The Morgan fingerprint density at radius 2 is 2.00 bits per heavy atom. The number of hydrogen-bond donors (Lipinski definition) is 1. The first-order valence-corrected chi connectivity index (χ1v) is 7.29. The highest BCUT2D eigenvalue weighted by Gasteiger charge is 2.07. The second kappa shape index (κ2) is 6.63. The quantitative estimate of drug-likeness (QED) is 0.877. The molecule has 4 nitrogen and oxygen atoms in total. The number of benzene rings is 1. The largest absolute Gasteiger partial charge is 0.430 e. The van der Waals surface area contributed by atoms with E-state index in [2.05, 4.69) is 41.5 Å². The maximum atomic E-state index is 5.69. The van der Waals surface area contributed by atoms with Gasteiger partial charge < -0.3 is 10.1 Å². The zero-order valence-electron chi connectivity index (χ0n) is 11.5. The molecule has 0 aliphatic rings. The van der Waals surface area contributed by atoms with Gasteiger partial charge in [0.1, 0.15) is 10.8 Å². The molecule has 0 saturated carbocycles. The SMILES string of the molecule is CCC(C)c1ccc(Oc2nnc(CNC)s2)cc1. The summed E-state index contributed by atoms with van der Waals surface area (Å²) in [5.74, 6) is 1.39. The zero-order valence-corrected chi connectivity index (χ0v) is 12.3. The van der Waals surface area contributed by atoms with E-state index >= 15 is 0 Å². The maximum absolute atomic E-state index is 5.69. The van der Waals surface area contributed by atoms with Crippen molar-refractivity contribution in [3.63, 3.8) is 0 Å². The first-order chi connectivity index (χ1) is 9.22. The van der Waals surface area contributed by atoms with Gasteiger partial charge in [-0.25, -0.2) is 0 Å². The summed E-state index contributed by atoms with van der Waals surface area (Å²) in [7, 11) is 1.88. The molecule has 1 N–H and O–H groups in total. The third-order valence-corrected chi connectivity index (χ3v) is 3.84. The van der Waals surface area contributed by atoms with Gasteiger partial charge in [-0.1, -0.05) is 42.4 Å². The number of aromatic nitrogens is 2. The molecule has 0 bridgehead atoms. The molecule has 1 heterocycles. The van der Waals surface area contributed by atoms with Gasteiger partial charge in [0.05, 0.1) is 0 Å². The van der Waals surface area contributed by atoms with Crippen LogP contribution >= 0.6 is 11.3 Å². The van der Waals surface area contributed by atoms with Gasteiger partial charge in [0.15, 0.2) is 0 Å². The summed E-state index contributed by atoms with van der Waals surface area (Å²) in [6, 6.07) is 8.19. The Morgan fingerprint density at radius 3 is 2.63 bits per heavy atom. The minimum atomic E-state index is 0.581. The van der Waals surface area contributed by atoms with E-state index in [1.807, 2.05) is 19.2 Å². The number of hydrogen-bond acceptors (Lipinski definition) is 5. The molecule has 5 heteroatoms. The average molecular weight is 277 g/mol. The van der Waals surface area contributed by atoms with Gasteiger partial charge >= 0.3 is 0 Å². The van der Waals surface area contributed by atoms with Crippen molar-refractivity contribution in [1.29, 1.82) is 0 Å². The Morgan fingerprint density at radius 1 is 1.26 bits per heavy atom. The van der Waals surface area contributed by atoms with E-state index in [-0.39, 0.29) is 0 Å². The summed E-state index contributed by atoms with van der Waals surface area (Å²) in [5.41, 5.74) is 1.34. The Bertz CT molecular complexity index is 510. The zero-order chi connectivity index (χ0) is 13.7. The molecule has 1 unspecified atom stereocenters. The fourth-order valence-corrected chi connectivity index (χ4v) is 2.42. The molecule has 1 aromatic heterocycles. The number of nitrogens with one attached hydrogen (secondary N) is 1. The van der Waals surface area contributed by atoms with E-state index < -0.39 is 0 Å². The molecule has 0 amide bonds. The minimum Gasteiger partial charge on any atom is -0.430 e. The molecule has 2 rings (SSSR count). The molecule has 19 heavy (non-hydrogen) atoms. The molecule has 0 fully saturated rings. The topological polar surface area (TPSA) is 47.0 Å². The standard InChI is InChI=1S/C14H19N3OS/c1-4-10(2)11-5-7-12(8-6-11)18-14-17-16-13(19-14)9-15-3/h5-8,10,15H,4,9H2,1-3H3. The third kappa shape index (κ3) is 3.75. The van der Waals surface area contributed by atoms with Crippen LogP contribution in [0.1, 0.15) is 36.8 Å². The summed E-state index contributed by atoms with van der Waals surface area (Å²) in [5, 5.41) is 12.6. The highest BCUT2D eigenvalue weighted by molar-refractivity contribution is 7.13. The molecular weight excluding hydrogens is 258 g/mol. The van der Waals surface area contributed by atoms with Crippen molar-refractivity contribution in [2.45, 2.75) is 32.7 Å². The minimum absolute atomic E-state index is 0.581. The van der Waals surface area contributed by atoms with Crippen LogP contribution in [0.3, 0.4) is 0 Å². The lowest BCUT2D eigenvalue weighted by molar-refractivity contribution is 0.472. The van der Waals surface area contributed by atoms with Gasteiger partial charge in [0.25, 0.3) is 5.19 Å². The monoisotopic (exact) mass is 277 g/mol. The first kappa shape index (κ1) is 14.0. The van der Waals surface area contributed by atoms with Crippen LogP contribution in [-0.2, 0) is 6.54 Å². The van der Waals surface area contributed by atoms with Gasteiger partial charge in [0.2, 0.25) is 0 Å². The van der Waals surface area contributed by atoms with Crippen molar-refractivity contribution in [3.05, 3.63) is 34.8 Å². The van der Waals surface area contributed by atoms with Crippen LogP contribution in [0.15, 0.2) is 24.3 Å². The predicted octanol–water partition coefficient (Wildman–Crippen LogP) is 3.56. The summed E-state index contributed by atoms with van der Waals surface area (Å²) in [6.45, 7) is 5.14. The lowest BCUT2D eigenvalue weighted by Crippen LogP contribution is -2.04. The number of rotatable bonds is 6. The van der Waals surface area contributed by atoms with Crippen LogP contribution in [0.5, 0.6) is 10.9 Å². The van der Waals surface area contributed by atoms with Crippen molar-refractivity contribution in [2.75, 3.05) is 7.05 Å². The summed E-state index contributed by atoms with van der Waals surface area (Å²) >= 11 is 1.46. The Hall–Kier alpha value is -1.46. The van der Waals surface area contributed by atoms with E-state index in [4.69, 9.17) is 4.74 Å². The van der Waals surface area contributed by atoms with Crippen LogP contribution in [0.4, 0.5) is 0 Å². The van der Waals surface area contributed by atoms with Gasteiger partial charge in [0, 0.05) is 6.54 Å². The van der Waals surface area contributed by atoms with Crippen molar-refractivity contribution in [1.82, 2.24) is 15.5 Å². The summed E-state index contributed by atoms with van der Waals surface area (Å²) < 4.78 is 5.69. The van der Waals surface area contributed by atoms with Crippen LogP contribution < -0.4 is 10.1 Å².